The minimum atomic E-state index is -0.531. The summed E-state index contributed by atoms with van der Waals surface area (Å²) < 4.78 is 0. The maximum Gasteiger partial charge on any atom is 0.225 e. The Morgan fingerprint density at radius 1 is 1.53 bits per heavy atom. The molecule has 2 aliphatic rings. The molecule has 1 unspecified atom stereocenters. The fourth-order valence-corrected chi connectivity index (χ4v) is 1.77. The fourth-order valence-electron chi connectivity index (χ4n) is 1.77. The molecule has 1 aliphatic heterocycles. The SMILES string of the molecule is O=C(NCCN1CC(O)CC1=O)C1CC1. The summed E-state index contributed by atoms with van der Waals surface area (Å²) in [5, 5.41) is 12.0. The average Bonchev–Trinajstić information content (AvgIpc) is 2.94. The van der Waals surface area contributed by atoms with Gasteiger partial charge in [-0.1, -0.05) is 0 Å². The molecule has 0 radical (unpaired) electrons. The van der Waals surface area contributed by atoms with Crippen LogP contribution < -0.4 is 5.32 Å². The molecule has 2 fully saturated rings. The second-order valence-electron chi connectivity index (χ2n) is 4.26. The molecule has 84 valence electrons. The molecule has 2 amide bonds. The first-order valence-corrected chi connectivity index (χ1v) is 5.40. The molecule has 0 bridgehead atoms. The number of hydrogen-bond donors (Lipinski definition) is 2. The van der Waals surface area contributed by atoms with Crippen LogP contribution in [0.1, 0.15) is 19.3 Å². The average molecular weight is 212 g/mol. The maximum absolute atomic E-state index is 11.3. The Kier molecular flexibility index (Phi) is 2.90. The zero-order valence-electron chi connectivity index (χ0n) is 8.61. The van der Waals surface area contributed by atoms with Gasteiger partial charge < -0.3 is 15.3 Å². The van der Waals surface area contributed by atoms with Crippen LogP contribution in [-0.2, 0) is 9.59 Å². The summed E-state index contributed by atoms with van der Waals surface area (Å²) in [6.45, 7) is 1.40. The normalized spacial score (nSPS) is 25.8. The van der Waals surface area contributed by atoms with Crippen molar-refractivity contribution in [3.8, 4) is 0 Å². The van der Waals surface area contributed by atoms with Crippen molar-refractivity contribution in [3.05, 3.63) is 0 Å². The number of amides is 2. The van der Waals surface area contributed by atoms with Crippen LogP contribution in [0.15, 0.2) is 0 Å². The van der Waals surface area contributed by atoms with Crippen LogP contribution in [-0.4, -0.2) is 47.6 Å². The minimum Gasteiger partial charge on any atom is -0.391 e. The topological polar surface area (TPSA) is 69.6 Å². The zero-order chi connectivity index (χ0) is 10.8. The number of rotatable bonds is 4. The molecule has 2 rings (SSSR count). The Morgan fingerprint density at radius 2 is 2.27 bits per heavy atom. The highest BCUT2D eigenvalue weighted by Crippen LogP contribution is 2.28. The summed E-state index contributed by atoms with van der Waals surface area (Å²) in [6, 6.07) is 0. The van der Waals surface area contributed by atoms with Gasteiger partial charge in [-0.2, -0.15) is 0 Å². The van der Waals surface area contributed by atoms with Gasteiger partial charge in [0.05, 0.1) is 12.5 Å². The van der Waals surface area contributed by atoms with Gasteiger partial charge in [-0.05, 0) is 12.8 Å². The van der Waals surface area contributed by atoms with Crippen molar-refractivity contribution in [1.29, 1.82) is 0 Å². The molecule has 0 spiro atoms. The summed E-state index contributed by atoms with van der Waals surface area (Å²) >= 11 is 0. The predicted molar refractivity (Wildman–Crippen MR) is 52.9 cm³/mol. The standard InChI is InChI=1S/C10H16N2O3/c13-8-5-9(14)12(6-8)4-3-11-10(15)7-1-2-7/h7-8,13H,1-6H2,(H,11,15). The van der Waals surface area contributed by atoms with E-state index in [9.17, 15) is 14.7 Å². The molecule has 1 atom stereocenters. The van der Waals surface area contributed by atoms with Crippen LogP contribution in [0.2, 0.25) is 0 Å². The maximum atomic E-state index is 11.3. The number of β-amino-alcohol motifs (C(OH)–C–C–N with tert-alkyl or cyclic N) is 1. The van der Waals surface area contributed by atoms with Gasteiger partial charge in [-0.15, -0.1) is 0 Å². The number of carbonyl (C=O) groups excluding carboxylic acids is 2. The summed E-state index contributed by atoms with van der Waals surface area (Å²) in [5.74, 6) is 0.287. The van der Waals surface area contributed by atoms with Crippen molar-refractivity contribution in [2.24, 2.45) is 5.92 Å². The monoisotopic (exact) mass is 212 g/mol. The van der Waals surface area contributed by atoms with Gasteiger partial charge in [0.15, 0.2) is 0 Å². The molecule has 1 aliphatic carbocycles. The highest BCUT2D eigenvalue weighted by molar-refractivity contribution is 5.81. The number of carbonyl (C=O) groups is 2. The van der Waals surface area contributed by atoms with Crippen molar-refractivity contribution in [2.45, 2.75) is 25.4 Å². The molecule has 1 saturated heterocycles. The number of nitrogens with zero attached hydrogens (tertiary/aromatic N) is 1. The Labute approximate surface area is 88.4 Å². The first kappa shape index (κ1) is 10.4. The van der Waals surface area contributed by atoms with Crippen LogP contribution in [0, 0.1) is 5.92 Å². The third kappa shape index (κ3) is 2.68. The van der Waals surface area contributed by atoms with E-state index in [2.05, 4.69) is 5.32 Å². The second-order valence-corrected chi connectivity index (χ2v) is 4.26. The van der Waals surface area contributed by atoms with Crippen molar-refractivity contribution < 1.29 is 14.7 Å². The molecule has 2 N–H and O–H groups in total. The van der Waals surface area contributed by atoms with E-state index in [1.807, 2.05) is 0 Å². The second kappa shape index (κ2) is 4.18. The molecule has 0 aromatic heterocycles. The van der Waals surface area contributed by atoms with Crippen LogP contribution >= 0.6 is 0 Å². The number of nitrogens with one attached hydrogen (secondary N) is 1. The fraction of sp³-hybridized carbons (Fsp3) is 0.800. The molecule has 0 aromatic rings. The predicted octanol–water partition coefficient (Wildman–Crippen LogP) is -0.894. The van der Waals surface area contributed by atoms with Gasteiger partial charge >= 0.3 is 0 Å². The van der Waals surface area contributed by atoms with Crippen LogP contribution in [0.3, 0.4) is 0 Å². The molecule has 15 heavy (non-hydrogen) atoms. The molecular formula is C10H16N2O3. The third-order valence-electron chi connectivity index (χ3n) is 2.82. The smallest absolute Gasteiger partial charge is 0.225 e. The van der Waals surface area contributed by atoms with Gasteiger partial charge in [-0.3, -0.25) is 9.59 Å². The third-order valence-corrected chi connectivity index (χ3v) is 2.82. The highest BCUT2D eigenvalue weighted by atomic mass is 16.3. The molecule has 5 heteroatoms. The number of hydrogen-bond acceptors (Lipinski definition) is 3. The minimum absolute atomic E-state index is 0.0248. The van der Waals surface area contributed by atoms with Crippen molar-refractivity contribution in [3.63, 3.8) is 0 Å². The first-order valence-electron chi connectivity index (χ1n) is 5.40. The number of aliphatic hydroxyl groups is 1. The lowest BCUT2D eigenvalue weighted by Gasteiger charge is -2.15. The van der Waals surface area contributed by atoms with E-state index in [1.165, 1.54) is 0 Å². The van der Waals surface area contributed by atoms with E-state index in [0.29, 0.717) is 19.6 Å². The van der Waals surface area contributed by atoms with Gasteiger partial charge in [0.2, 0.25) is 11.8 Å². The number of likely N-dealkylation sites (tertiary alicyclic amines) is 1. The van der Waals surface area contributed by atoms with E-state index < -0.39 is 6.10 Å². The van der Waals surface area contributed by atoms with E-state index in [-0.39, 0.29) is 24.2 Å². The lowest BCUT2D eigenvalue weighted by molar-refractivity contribution is -0.128. The summed E-state index contributed by atoms with van der Waals surface area (Å²) in [5.41, 5.74) is 0. The van der Waals surface area contributed by atoms with Gasteiger partial charge in [0, 0.05) is 25.6 Å². The van der Waals surface area contributed by atoms with Gasteiger partial charge in [0.25, 0.3) is 0 Å². The largest absolute Gasteiger partial charge is 0.391 e. The van der Waals surface area contributed by atoms with Crippen LogP contribution in [0.25, 0.3) is 0 Å². The summed E-state index contributed by atoms with van der Waals surface area (Å²) in [7, 11) is 0. The molecule has 0 aromatic carbocycles. The van der Waals surface area contributed by atoms with E-state index in [4.69, 9.17) is 0 Å². The lowest BCUT2D eigenvalue weighted by atomic mass is 10.3. The molecular weight excluding hydrogens is 196 g/mol. The van der Waals surface area contributed by atoms with E-state index in [1.54, 1.807) is 4.90 Å². The zero-order valence-corrected chi connectivity index (χ0v) is 8.61. The molecule has 1 heterocycles. The van der Waals surface area contributed by atoms with Crippen molar-refractivity contribution >= 4 is 11.8 Å². The van der Waals surface area contributed by atoms with Crippen molar-refractivity contribution in [2.75, 3.05) is 19.6 Å². The Morgan fingerprint density at radius 3 is 2.80 bits per heavy atom. The van der Waals surface area contributed by atoms with Crippen LogP contribution in [0.4, 0.5) is 0 Å². The number of aliphatic hydroxyl groups excluding tert-OH is 1. The van der Waals surface area contributed by atoms with Gasteiger partial charge in [-0.25, -0.2) is 0 Å². The summed E-state index contributed by atoms with van der Waals surface area (Å²) in [4.78, 5) is 24.1. The molecule has 5 nitrogen and oxygen atoms in total. The van der Waals surface area contributed by atoms with Crippen molar-refractivity contribution in [1.82, 2.24) is 10.2 Å². The van der Waals surface area contributed by atoms with Gasteiger partial charge in [0.1, 0.15) is 0 Å². The Balaban J connectivity index is 1.65. The van der Waals surface area contributed by atoms with E-state index in [0.717, 1.165) is 12.8 Å². The summed E-state index contributed by atoms with van der Waals surface area (Å²) in [6.07, 6.45) is 1.67. The Bertz CT molecular complexity index is 276. The Hall–Kier alpha value is -1.10. The van der Waals surface area contributed by atoms with Crippen LogP contribution in [0.5, 0.6) is 0 Å². The lowest BCUT2D eigenvalue weighted by Crippen LogP contribution is -2.36. The molecule has 1 saturated carbocycles. The quantitative estimate of drug-likeness (QED) is 0.635. The van der Waals surface area contributed by atoms with E-state index >= 15 is 0 Å². The highest BCUT2D eigenvalue weighted by Gasteiger charge is 2.30. The first-order chi connectivity index (χ1) is 7.16.